The highest BCUT2D eigenvalue weighted by atomic mass is 19.4. The molecule has 3 rings (SSSR count). The van der Waals surface area contributed by atoms with Crippen molar-refractivity contribution in [3.8, 4) is 5.82 Å². The Balaban J connectivity index is 1.58. The molecule has 25 heavy (non-hydrogen) atoms. The topological polar surface area (TPSA) is 59.8 Å². The Hall–Kier alpha value is -2.38. The molecule has 1 aliphatic carbocycles. The Morgan fingerprint density at radius 2 is 2.16 bits per heavy atom. The Morgan fingerprint density at radius 1 is 1.32 bits per heavy atom. The summed E-state index contributed by atoms with van der Waals surface area (Å²) in [6.45, 7) is 0.253. The van der Waals surface area contributed by atoms with Crippen molar-refractivity contribution < 1.29 is 18.0 Å². The first-order valence-electron chi connectivity index (χ1n) is 8.23. The SMILES string of the molecule is O=C(NCc1ccnc(-n2cccn2)c1)[C@H]1CCC[C@@H](C(F)(F)F)C1. The molecule has 0 spiro atoms. The van der Waals surface area contributed by atoms with E-state index in [4.69, 9.17) is 0 Å². The van der Waals surface area contributed by atoms with E-state index in [0.717, 1.165) is 5.56 Å². The highest BCUT2D eigenvalue weighted by molar-refractivity contribution is 5.78. The van der Waals surface area contributed by atoms with Crippen molar-refractivity contribution in [2.75, 3.05) is 0 Å². The minimum Gasteiger partial charge on any atom is -0.352 e. The number of rotatable bonds is 4. The predicted octanol–water partition coefficient (Wildman–Crippen LogP) is 3.25. The fourth-order valence-corrected chi connectivity index (χ4v) is 3.16. The van der Waals surface area contributed by atoms with E-state index in [2.05, 4.69) is 15.4 Å². The number of nitrogens with one attached hydrogen (secondary N) is 1. The van der Waals surface area contributed by atoms with Crippen LogP contribution in [-0.4, -0.2) is 26.8 Å². The molecule has 5 nitrogen and oxygen atoms in total. The fourth-order valence-electron chi connectivity index (χ4n) is 3.16. The lowest BCUT2D eigenvalue weighted by atomic mass is 9.80. The van der Waals surface area contributed by atoms with E-state index in [-0.39, 0.29) is 25.3 Å². The Morgan fingerprint density at radius 3 is 2.88 bits per heavy atom. The van der Waals surface area contributed by atoms with E-state index in [1.807, 2.05) is 0 Å². The summed E-state index contributed by atoms with van der Waals surface area (Å²) in [6.07, 6.45) is 1.71. The number of carbonyl (C=O) groups excluding carboxylic acids is 1. The lowest BCUT2D eigenvalue weighted by Crippen LogP contribution is -2.37. The van der Waals surface area contributed by atoms with Gasteiger partial charge in [0.25, 0.3) is 0 Å². The quantitative estimate of drug-likeness (QED) is 0.919. The molecule has 1 aliphatic rings. The zero-order valence-corrected chi connectivity index (χ0v) is 13.5. The molecule has 0 aromatic carbocycles. The summed E-state index contributed by atoms with van der Waals surface area (Å²) in [7, 11) is 0. The molecule has 0 aliphatic heterocycles. The van der Waals surface area contributed by atoms with Gasteiger partial charge in [0.2, 0.25) is 5.91 Å². The first kappa shape index (κ1) is 17.4. The molecule has 134 valence electrons. The van der Waals surface area contributed by atoms with Crippen LogP contribution in [0.3, 0.4) is 0 Å². The van der Waals surface area contributed by atoms with Gasteiger partial charge in [-0.25, -0.2) is 9.67 Å². The van der Waals surface area contributed by atoms with Crippen molar-refractivity contribution in [2.24, 2.45) is 11.8 Å². The van der Waals surface area contributed by atoms with Gasteiger partial charge in [0.15, 0.2) is 5.82 Å². The van der Waals surface area contributed by atoms with Gasteiger partial charge in [0.1, 0.15) is 0 Å². The van der Waals surface area contributed by atoms with Crippen LogP contribution >= 0.6 is 0 Å². The molecule has 2 aromatic rings. The number of carbonyl (C=O) groups is 1. The molecule has 1 N–H and O–H groups in total. The van der Waals surface area contributed by atoms with E-state index >= 15 is 0 Å². The number of amides is 1. The van der Waals surface area contributed by atoms with Crippen molar-refractivity contribution in [3.63, 3.8) is 0 Å². The van der Waals surface area contributed by atoms with Gasteiger partial charge in [-0.05, 0) is 43.0 Å². The van der Waals surface area contributed by atoms with E-state index in [1.165, 1.54) is 0 Å². The minimum absolute atomic E-state index is 0.116. The molecule has 0 unspecified atom stereocenters. The molecule has 2 heterocycles. The number of hydrogen-bond donors (Lipinski definition) is 1. The highest BCUT2D eigenvalue weighted by Crippen LogP contribution is 2.39. The molecule has 1 saturated carbocycles. The summed E-state index contributed by atoms with van der Waals surface area (Å²) >= 11 is 0. The average Bonchev–Trinajstić information content (AvgIpc) is 3.14. The van der Waals surface area contributed by atoms with Crippen molar-refractivity contribution in [1.82, 2.24) is 20.1 Å². The average molecular weight is 352 g/mol. The maximum absolute atomic E-state index is 12.9. The van der Waals surface area contributed by atoms with Crippen LogP contribution in [0.25, 0.3) is 5.82 Å². The number of alkyl halides is 3. The Bertz CT molecular complexity index is 715. The third-order valence-corrected chi connectivity index (χ3v) is 4.52. The largest absolute Gasteiger partial charge is 0.391 e. The first-order valence-corrected chi connectivity index (χ1v) is 8.23. The molecule has 0 bridgehead atoms. The van der Waals surface area contributed by atoms with Gasteiger partial charge in [-0.1, -0.05) is 6.42 Å². The number of nitrogens with zero attached hydrogens (tertiary/aromatic N) is 3. The number of pyridine rings is 1. The molecular formula is C17H19F3N4O. The van der Waals surface area contributed by atoms with Gasteiger partial charge >= 0.3 is 6.18 Å². The standard InChI is InChI=1S/C17H19F3N4O/c18-17(19,20)14-4-1-3-13(10-14)16(25)22-11-12-5-7-21-15(9-12)24-8-2-6-23-24/h2,5-9,13-14H,1,3-4,10-11H2,(H,22,25)/t13-,14+/m0/s1. The molecule has 1 amide bonds. The van der Waals surface area contributed by atoms with Crippen LogP contribution in [0.1, 0.15) is 31.2 Å². The zero-order chi connectivity index (χ0) is 17.9. The molecule has 1 fully saturated rings. The van der Waals surface area contributed by atoms with Crippen molar-refractivity contribution >= 4 is 5.91 Å². The second kappa shape index (κ2) is 7.25. The number of halogens is 3. The predicted molar refractivity (Wildman–Crippen MR) is 84.7 cm³/mol. The van der Waals surface area contributed by atoms with Gasteiger partial charge in [-0.3, -0.25) is 4.79 Å². The van der Waals surface area contributed by atoms with Gasteiger partial charge in [0.05, 0.1) is 5.92 Å². The third-order valence-electron chi connectivity index (χ3n) is 4.52. The van der Waals surface area contributed by atoms with Crippen molar-refractivity contribution in [2.45, 2.75) is 38.4 Å². The normalized spacial score (nSPS) is 21.1. The summed E-state index contributed by atoms with van der Waals surface area (Å²) < 4.78 is 40.2. The maximum atomic E-state index is 12.9. The third kappa shape index (κ3) is 4.37. The van der Waals surface area contributed by atoms with Crippen LogP contribution in [0.4, 0.5) is 13.2 Å². The molecule has 0 radical (unpaired) electrons. The fraction of sp³-hybridized carbons (Fsp3) is 0.471. The molecule has 8 heteroatoms. The van der Waals surface area contributed by atoms with E-state index in [1.54, 1.807) is 41.5 Å². The smallest absolute Gasteiger partial charge is 0.352 e. The van der Waals surface area contributed by atoms with E-state index in [9.17, 15) is 18.0 Å². The van der Waals surface area contributed by atoms with Gasteiger partial charge in [-0.15, -0.1) is 0 Å². The lowest BCUT2D eigenvalue weighted by molar-refractivity contribution is -0.186. The van der Waals surface area contributed by atoms with E-state index < -0.39 is 18.0 Å². The Labute approximate surface area is 143 Å². The zero-order valence-electron chi connectivity index (χ0n) is 13.5. The summed E-state index contributed by atoms with van der Waals surface area (Å²) in [6, 6.07) is 5.32. The number of hydrogen-bond acceptors (Lipinski definition) is 3. The molecule has 2 aromatic heterocycles. The molecule has 0 saturated heterocycles. The van der Waals surface area contributed by atoms with Crippen LogP contribution in [0.15, 0.2) is 36.8 Å². The van der Waals surface area contributed by atoms with E-state index in [0.29, 0.717) is 18.7 Å². The summed E-state index contributed by atoms with van der Waals surface area (Å²) in [5.41, 5.74) is 0.817. The summed E-state index contributed by atoms with van der Waals surface area (Å²) in [5, 5.41) is 6.84. The van der Waals surface area contributed by atoms with Gasteiger partial charge in [-0.2, -0.15) is 18.3 Å². The van der Waals surface area contributed by atoms with Crippen LogP contribution < -0.4 is 5.32 Å². The van der Waals surface area contributed by atoms with Gasteiger partial charge < -0.3 is 5.32 Å². The summed E-state index contributed by atoms with van der Waals surface area (Å²) in [4.78, 5) is 16.4. The lowest BCUT2D eigenvalue weighted by Gasteiger charge is -2.29. The minimum atomic E-state index is -4.22. The van der Waals surface area contributed by atoms with Crippen LogP contribution in [0.5, 0.6) is 0 Å². The molecular weight excluding hydrogens is 333 g/mol. The van der Waals surface area contributed by atoms with Crippen LogP contribution in [-0.2, 0) is 11.3 Å². The van der Waals surface area contributed by atoms with Crippen LogP contribution in [0, 0.1) is 11.8 Å². The van der Waals surface area contributed by atoms with Crippen LogP contribution in [0.2, 0.25) is 0 Å². The number of aromatic nitrogens is 3. The first-order chi connectivity index (χ1) is 11.9. The van der Waals surface area contributed by atoms with Crippen molar-refractivity contribution in [1.29, 1.82) is 0 Å². The second-order valence-corrected chi connectivity index (χ2v) is 6.29. The van der Waals surface area contributed by atoms with Gasteiger partial charge in [0, 0.05) is 31.1 Å². The molecule has 2 atom stereocenters. The summed E-state index contributed by atoms with van der Waals surface area (Å²) in [5.74, 6) is -1.64. The highest BCUT2D eigenvalue weighted by Gasteiger charge is 2.43. The Kier molecular flexibility index (Phi) is 5.06. The maximum Gasteiger partial charge on any atom is 0.391 e. The van der Waals surface area contributed by atoms with Crippen molar-refractivity contribution in [3.05, 3.63) is 42.4 Å². The monoisotopic (exact) mass is 352 g/mol. The second-order valence-electron chi connectivity index (χ2n) is 6.29.